The molecule has 5 aromatic rings. The van der Waals surface area contributed by atoms with Gasteiger partial charge in [-0.15, -0.1) is 10.2 Å². The van der Waals surface area contributed by atoms with E-state index in [1.165, 1.54) is 50.0 Å². The van der Waals surface area contributed by atoms with Gasteiger partial charge in [0.1, 0.15) is 0 Å². The summed E-state index contributed by atoms with van der Waals surface area (Å²) in [6, 6.07) is 38.9. The van der Waals surface area contributed by atoms with Gasteiger partial charge >= 0.3 is 0 Å². The number of hydrogen-bond acceptors (Lipinski definition) is 4. The van der Waals surface area contributed by atoms with Crippen LogP contribution in [0.4, 0.5) is 5.69 Å². The molecule has 0 saturated heterocycles. The summed E-state index contributed by atoms with van der Waals surface area (Å²) in [5.74, 6) is 0. The Kier molecular flexibility index (Phi) is 7.74. The Morgan fingerprint density at radius 3 is 1.97 bits per heavy atom. The van der Waals surface area contributed by atoms with Crippen LogP contribution < -0.4 is 18.6 Å². The number of fused-ring (bicyclic) bond motifs is 2. The lowest BCUT2D eigenvalue weighted by Crippen LogP contribution is -2.68. The number of allylic oxidation sites excluding steroid dienone is 2. The molecule has 1 aromatic heterocycles. The van der Waals surface area contributed by atoms with E-state index in [4.69, 9.17) is 18.6 Å². The van der Waals surface area contributed by atoms with Gasteiger partial charge in [0, 0.05) is 40.8 Å². The van der Waals surface area contributed by atoms with E-state index >= 15 is 0 Å². The third-order valence-corrected chi connectivity index (χ3v) is 6.78. The lowest BCUT2D eigenvalue weighted by molar-refractivity contribution is -2.00. The first kappa shape index (κ1) is 26.6. The van der Waals surface area contributed by atoms with Gasteiger partial charge in [0.15, 0.2) is 12.8 Å². The average molecular weight is 539 g/mol. The zero-order valence-electron chi connectivity index (χ0n) is 21.4. The van der Waals surface area contributed by atoms with Gasteiger partial charge in [0.05, 0.1) is 11.1 Å². The molecular weight excluding hydrogens is 512 g/mol. The maximum absolute atomic E-state index is 8.49. The van der Waals surface area contributed by atoms with Crippen LogP contribution in [0.5, 0.6) is 0 Å². The smallest absolute Gasteiger partial charge is 0.213 e. The van der Waals surface area contributed by atoms with Crippen LogP contribution in [-0.4, -0.2) is 15.4 Å². The van der Waals surface area contributed by atoms with Crippen molar-refractivity contribution in [3.63, 3.8) is 0 Å². The quantitative estimate of drug-likeness (QED) is 0.321. The molecule has 0 amide bonds. The number of aromatic nitrogens is 1. The predicted molar refractivity (Wildman–Crippen MR) is 143 cm³/mol. The Morgan fingerprint density at radius 1 is 0.718 bits per heavy atom. The van der Waals surface area contributed by atoms with E-state index in [0.29, 0.717) is 0 Å². The largest absolute Gasteiger partial charge is 0.342 e. The van der Waals surface area contributed by atoms with E-state index in [-0.39, 0.29) is 0 Å². The minimum absolute atomic E-state index is 0.865. The third kappa shape index (κ3) is 6.34. The number of rotatable bonds is 5. The van der Waals surface area contributed by atoms with Crippen LogP contribution >= 0.6 is 0 Å². The molecule has 39 heavy (non-hydrogen) atoms. The average Bonchev–Trinajstić information content (AvgIpc) is 3.48. The maximum Gasteiger partial charge on any atom is 0.213 e. The zero-order valence-corrected chi connectivity index (χ0v) is 22.1. The van der Waals surface area contributed by atoms with Crippen molar-refractivity contribution < 1.29 is 33.5 Å². The normalized spacial score (nSPS) is 13.9. The first-order valence-corrected chi connectivity index (χ1v) is 13.7. The molecule has 2 heterocycles. The summed E-state index contributed by atoms with van der Waals surface area (Å²) in [6.45, 7) is 4.00. The minimum atomic E-state index is -4.94. The topological polar surface area (TPSA) is 100 Å². The van der Waals surface area contributed by atoms with E-state index in [2.05, 4.69) is 138 Å². The van der Waals surface area contributed by atoms with E-state index in [1.54, 1.807) is 0 Å². The van der Waals surface area contributed by atoms with Crippen molar-refractivity contribution in [2.24, 2.45) is 0 Å². The summed E-state index contributed by atoms with van der Waals surface area (Å²) in [4.78, 5) is 0. The highest BCUT2D eigenvalue weighted by molar-refractivity contribution is 6.22. The van der Waals surface area contributed by atoms with Crippen molar-refractivity contribution in [1.29, 1.82) is 0 Å². The summed E-state index contributed by atoms with van der Waals surface area (Å²) in [6.07, 6.45) is 4.66. The van der Waals surface area contributed by atoms with Gasteiger partial charge in [-0.2, -0.15) is 4.58 Å². The molecule has 6 rings (SSSR count). The molecule has 6 nitrogen and oxygen atoms in total. The fourth-order valence-electron chi connectivity index (χ4n) is 5.06. The van der Waals surface area contributed by atoms with Gasteiger partial charge in [-0.1, -0.05) is 91.0 Å². The lowest BCUT2D eigenvalue weighted by atomic mass is 9.97. The lowest BCUT2D eigenvalue weighted by Gasteiger charge is -2.17. The summed E-state index contributed by atoms with van der Waals surface area (Å²) in [7, 11) is -4.94. The Balaban J connectivity index is 0.000000567. The molecule has 0 unspecified atom stereocenters. The van der Waals surface area contributed by atoms with Crippen molar-refractivity contribution >= 4 is 34.0 Å². The van der Waals surface area contributed by atoms with Crippen LogP contribution in [-0.2, 0) is 13.1 Å². The second-order valence-electron chi connectivity index (χ2n) is 9.35. The third-order valence-electron chi connectivity index (χ3n) is 6.78. The molecule has 0 aliphatic carbocycles. The van der Waals surface area contributed by atoms with Crippen molar-refractivity contribution in [2.75, 3.05) is 0 Å². The van der Waals surface area contributed by atoms with Gasteiger partial charge in [0.2, 0.25) is 5.69 Å². The highest BCUT2D eigenvalue weighted by Crippen LogP contribution is 2.38. The van der Waals surface area contributed by atoms with Crippen molar-refractivity contribution in [3.8, 4) is 0 Å². The molecule has 0 radical (unpaired) electrons. The number of hydrogen-bond donors (Lipinski definition) is 0. The van der Waals surface area contributed by atoms with Gasteiger partial charge in [-0.05, 0) is 30.2 Å². The highest BCUT2D eigenvalue weighted by atomic mass is 35.7. The number of nitrogens with zero attached hydrogens (tertiary/aromatic N) is 2. The van der Waals surface area contributed by atoms with Gasteiger partial charge in [0.25, 0.3) is 0 Å². The summed E-state index contributed by atoms with van der Waals surface area (Å²) < 4.78 is 38.7. The molecule has 4 aromatic carbocycles. The molecule has 0 spiro atoms. The molecule has 0 fully saturated rings. The molecule has 1 aliphatic heterocycles. The Morgan fingerprint density at radius 2 is 1.28 bits per heavy atom. The first-order chi connectivity index (χ1) is 18.8. The van der Waals surface area contributed by atoms with Crippen LogP contribution in [0.3, 0.4) is 0 Å². The fraction of sp³-hybridized carbons (Fsp3) is 0.0938. The van der Waals surface area contributed by atoms with Crippen LogP contribution in [0.25, 0.3) is 22.0 Å². The number of para-hydroxylation sites is 2. The standard InChI is InChI=1S/C32H27N2.ClHO4/c1-24(29-22-33(20-25-12-4-2-5-13-25)31-18-10-8-16-27(29)31)30-23-34(21-26-14-6-3-7-15-26)32-19-11-9-17-28(30)32;2-1(3,4)5/h2-19,22-23H,20-21H2,1H3;(H,2,3,4,5)/q+1;/p-1. The van der Waals surface area contributed by atoms with Gasteiger partial charge < -0.3 is 4.57 Å². The van der Waals surface area contributed by atoms with Crippen molar-refractivity contribution in [1.82, 2.24) is 4.57 Å². The van der Waals surface area contributed by atoms with Gasteiger partial charge in [-0.25, -0.2) is 18.6 Å². The number of benzene rings is 4. The van der Waals surface area contributed by atoms with Gasteiger partial charge in [-0.3, -0.25) is 0 Å². The number of halogens is 1. The van der Waals surface area contributed by atoms with Crippen LogP contribution in [0.15, 0.2) is 115 Å². The molecule has 0 atom stereocenters. The molecule has 0 saturated carbocycles. The Hall–Kier alpha value is -4.04. The van der Waals surface area contributed by atoms with Crippen LogP contribution in [0, 0.1) is 10.2 Å². The van der Waals surface area contributed by atoms with E-state index in [1.807, 2.05) is 0 Å². The molecule has 1 aliphatic rings. The Labute approximate surface area is 229 Å². The monoisotopic (exact) mass is 538 g/mol. The van der Waals surface area contributed by atoms with Crippen molar-refractivity contribution in [3.05, 3.63) is 138 Å². The van der Waals surface area contributed by atoms with E-state index in [0.717, 1.165) is 13.1 Å². The second kappa shape index (κ2) is 11.4. The minimum Gasteiger partial charge on any atom is -0.342 e. The highest BCUT2D eigenvalue weighted by Gasteiger charge is 2.28. The van der Waals surface area contributed by atoms with Crippen LogP contribution in [0.1, 0.15) is 29.2 Å². The SMILES string of the molecule is C/C(=C1/C=[N+](Cc2ccccc2)c2ccccc21)c1cn(Cc2ccccc2)c2ccccc12.[O-][Cl+3]([O-])([O-])[O-]. The van der Waals surface area contributed by atoms with E-state index < -0.39 is 10.2 Å². The summed E-state index contributed by atoms with van der Waals surface area (Å²) in [5.41, 5.74) is 10.4. The fourth-order valence-corrected chi connectivity index (χ4v) is 5.06. The molecule has 7 heteroatoms. The van der Waals surface area contributed by atoms with Crippen molar-refractivity contribution in [2.45, 2.75) is 20.0 Å². The predicted octanol–water partition coefficient (Wildman–Crippen LogP) is 2.79. The maximum atomic E-state index is 8.49. The van der Waals surface area contributed by atoms with Crippen LogP contribution in [0.2, 0.25) is 0 Å². The summed E-state index contributed by atoms with van der Waals surface area (Å²) >= 11 is 0. The Bertz CT molecular complexity index is 1650. The molecule has 196 valence electrons. The summed E-state index contributed by atoms with van der Waals surface area (Å²) in [5, 5.41) is 1.30. The first-order valence-electron chi connectivity index (χ1n) is 12.5. The zero-order chi connectivity index (χ0) is 27.4. The molecule has 0 N–H and O–H groups in total. The molecular formula is C32H27ClN2O4. The molecule has 0 bridgehead atoms. The second-order valence-corrected chi connectivity index (χ2v) is 10.1. The van der Waals surface area contributed by atoms with E-state index in [9.17, 15) is 0 Å².